The Morgan fingerprint density at radius 1 is 1.10 bits per heavy atom. The molecule has 0 bridgehead atoms. The molecule has 2 aromatic carbocycles. The number of rotatable bonds is 6. The van der Waals surface area contributed by atoms with Crippen LogP contribution in [-0.4, -0.2) is 15.5 Å². The molecular formula is C16H17BrO3. The maximum Gasteiger partial charge on any atom is 0.125 e. The maximum atomic E-state index is 9.78. The molecule has 0 saturated carbocycles. The minimum Gasteiger partial charge on any atom is -0.489 e. The van der Waals surface area contributed by atoms with E-state index in [1.165, 1.54) is 0 Å². The zero-order valence-electron chi connectivity index (χ0n) is 11.0. The van der Waals surface area contributed by atoms with Crippen LogP contribution >= 0.6 is 15.9 Å². The molecule has 0 fully saturated rings. The first-order chi connectivity index (χ1) is 9.74. The molecule has 0 aliphatic rings. The van der Waals surface area contributed by atoms with Crippen molar-refractivity contribution in [2.75, 3.05) is 5.33 Å². The SMILES string of the molecule is OCc1cc([C@H](O)CBr)ccc1OCc1ccccc1. The van der Waals surface area contributed by atoms with Crippen molar-refractivity contribution >= 4 is 15.9 Å². The van der Waals surface area contributed by atoms with Crippen molar-refractivity contribution in [2.24, 2.45) is 0 Å². The summed E-state index contributed by atoms with van der Waals surface area (Å²) in [5.41, 5.74) is 2.51. The highest BCUT2D eigenvalue weighted by Gasteiger charge is 2.10. The predicted octanol–water partition coefficient (Wildman–Crippen LogP) is 3.19. The Hall–Kier alpha value is -1.36. The van der Waals surface area contributed by atoms with Crippen LogP contribution in [-0.2, 0) is 13.2 Å². The van der Waals surface area contributed by atoms with Gasteiger partial charge in [0.05, 0.1) is 12.7 Å². The summed E-state index contributed by atoms with van der Waals surface area (Å²) >= 11 is 3.23. The smallest absolute Gasteiger partial charge is 0.125 e. The molecule has 0 aliphatic carbocycles. The highest BCUT2D eigenvalue weighted by atomic mass is 79.9. The number of benzene rings is 2. The van der Waals surface area contributed by atoms with Crippen LogP contribution in [0.25, 0.3) is 0 Å². The van der Waals surface area contributed by atoms with Crippen LogP contribution in [0.2, 0.25) is 0 Å². The van der Waals surface area contributed by atoms with E-state index in [-0.39, 0.29) is 6.61 Å². The Morgan fingerprint density at radius 3 is 2.50 bits per heavy atom. The molecule has 0 aromatic heterocycles. The second kappa shape index (κ2) is 7.43. The number of hydrogen-bond acceptors (Lipinski definition) is 3. The topological polar surface area (TPSA) is 49.7 Å². The molecule has 1 atom stereocenters. The third-order valence-corrected chi connectivity index (χ3v) is 3.64. The summed E-state index contributed by atoms with van der Waals surface area (Å²) in [5, 5.41) is 19.7. The van der Waals surface area contributed by atoms with Crippen LogP contribution in [0.3, 0.4) is 0 Å². The summed E-state index contributed by atoms with van der Waals surface area (Å²) in [6, 6.07) is 15.2. The fourth-order valence-electron chi connectivity index (χ4n) is 1.90. The number of hydrogen-bond donors (Lipinski definition) is 2. The van der Waals surface area contributed by atoms with Crippen molar-refractivity contribution in [1.29, 1.82) is 0 Å². The first-order valence-corrected chi connectivity index (χ1v) is 7.51. The first kappa shape index (κ1) is 15.0. The van der Waals surface area contributed by atoms with E-state index in [4.69, 9.17) is 4.74 Å². The van der Waals surface area contributed by atoms with Crippen molar-refractivity contribution in [1.82, 2.24) is 0 Å². The van der Waals surface area contributed by atoms with E-state index in [9.17, 15) is 10.2 Å². The molecule has 0 heterocycles. The van der Waals surface area contributed by atoms with E-state index >= 15 is 0 Å². The minimum absolute atomic E-state index is 0.118. The van der Waals surface area contributed by atoms with E-state index < -0.39 is 6.10 Å². The Bertz CT molecular complexity index is 543. The van der Waals surface area contributed by atoms with E-state index in [1.807, 2.05) is 36.4 Å². The molecule has 2 aromatic rings. The van der Waals surface area contributed by atoms with Gasteiger partial charge in [0, 0.05) is 10.9 Å². The van der Waals surface area contributed by atoms with Crippen molar-refractivity contribution in [3.63, 3.8) is 0 Å². The number of ether oxygens (including phenoxy) is 1. The van der Waals surface area contributed by atoms with Gasteiger partial charge in [-0.05, 0) is 23.3 Å². The van der Waals surface area contributed by atoms with Gasteiger partial charge >= 0.3 is 0 Å². The van der Waals surface area contributed by atoms with E-state index in [2.05, 4.69) is 15.9 Å². The molecule has 0 unspecified atom stereocenters. The standard InChI is InChI=1S/C16H17BrO3/c17-9-15(19)13-6-7-16(14(8-13)10-18)20-11-12-4-2-1-3-5-12/h1-8,15,18-19H,9-11H2/t15-/m1/s1. The fourth-order valence-corrected chi connectivity index (χ4v) is 2.27. The van der Waals surface area contributed by atoms with Gasteiger partial charge in [-0.1, -0.05) is 52.3 Å². The Morgan fingerprint density at radius 2 is 1.85 bits per heavy atom. The highest BCUT2D eigenvalue weighted by Crippen LogP contribution is 2.25. The van der Waals surface area contributed by atoms with Gasteiger partial charge in [0.1, 0.15) is 12.4 Å². The van der Waals surface area contributed by atoms with Crippen LogP contribution < -0.4 is 4.74 Å². The van der Waals surface area contributed by atoms with Crippen LogP contribution in [0.4, 0.5) is 0 Å². The van der Waals surface area contributed by atoms with E-state index in [0.717, 1.165) is 11.1 Å². The lowest BCUT2D eigenvalue weighted by Crippen LogP contribution is -2.03. The first-order valence-electron chi connectivity index (χ1n) is 6.39. The van der Waals surface area contributed by atoms with Crippen LogP contribution in [0.1, 0.15) is 22.8 Å². The van der Waals surface area contributed by atoms with Crippen LogP contribution in [0.15, 0.2) is 48.5 Å². The van der Waals surface area contributed by atoms with Gasteiger partial charge in [-0.15, -0.1) is 0 Å². The van der Waals surface area contributed by atoms with Gasteiger partial charge < -0.3 is 14.9 Å². The van der Waals surface area contributed by atoms with Crippen molar-refractivity contribution in [2.45, 2.75) is 19.3 Å². The lowest BCUT2D eigenvalue weighted by atomic mass is 10.1. The zero-order chi connectivity index (χ0) is 14.4. The monoisotopic (exact) mass is 336 g/mol. The normalized spacial score (nSPS) is 12.2. The summed E-state index contributed by atoms with van der Waals surface area (Å²) in [7, 11) is 0. The second-order valence-corrected chi connectivity index (χ2v) is 5.12. The lowest BCUT2D eigenvalue weighted by Gasteiger charge is -2.14. The number of alkyl halides is 1. The molecular weight excluding hydrogens is 320 g/mol. The molecule has 0 saturated heterocycles. The third kappa shape index (κ3) is 3.82. The summed E-state index contributed by atoms with van der Waals surface area (Å²) in [6.45, 7) is 0.334. The highest BCUT2D eigenvalue weighted by molar-refractivity contribution is 9.09. The second-order valence-electron chi connectivity index (χ2n) is 4.47. The average molecular weight is 337 g/mol. The quantitative estimate of drug-likeness (QED) is 0.796. The Labute approximate surface area is 127 Å². The summed E-state index contributed by atoms with van der Waals surface area (Å²) < 4.78 is 5.73. The predicted molar refractivity (Wildman–Crippen MR) is 81.9 cm³/mol. The molecule has 4 heteroatoms. The van der Waals surface area contributed by atoms with Crippen molar-refractivity contribution in [3.8, 4) is 5.75 Å². The fraction of sp³-hybridized carbons (Fsp3) is 0.250. The van der Waals surface area contributed by atoms with E-state index in [0.29, 0.717) is 23.2 Å². The molecule has 0 spiro atoms. The molecule has 106 valence electrons. The summed E-state index contributed by atoms with van der Waals surface area (Å²) in [4.78, 5) is 0. The van der Waals surface area contributed by atoms with Gasteiger partial charge in [0.25, 0.3) is 0 Å². The molecule has 3 nitrogen and oxygen atoms in total. The Balaban J connectivity index is 2.11. The van der Waals surface area contributed by atoms with Crippen LogP contribution in [0.5, 0.6) is 5.75 Å². The van der Waals surface area contributed by atoms with Crippen molar-refractivity contribution in [3.05, 3.63) is 65.2 Å². The summed E-state index contributed by atoms with van der Waals surface area (Å²) in [6.07, 6.45) is -0.580. The van der Waals surface area contributed by atoms with Gasteiger partial charge in [-0.25, -0.2) is 0 Å². The van der Waals surface area contributed by atoms with Gasteiger partial charge in [-0.2, -0.15) is 0 Å². The number of aliphatic hydroxyl groups excluding tert-OH is 2. The minimum atomic E-state index is -0.580. The molecule has 20 heavy (non-hydrogen) atoms. The van der Waals surface area contributed by atoms with Crippen LogP contribution in [0, 0.1) is 0 Å². The van der Waals surface area contributed by atoms with Crippen molar-refractivity contribution < 1.29 is 14.9 Å². The largest absolute Gasteiger partial charge is 0.489 e. The van der Waals surface area contributed by atoms with Gasteiger partial charge in [0.15, 0.2) is 0 Å². The maximum absolute atomic E-state index is 9.78. The molecule has 0 aliphatic heterocycles. The van der Waals surface area contributed by atoms with Gasteiger partial charge in [-0.3, -0.25) is 0 Å². The lowest BCUT2D eigenvalue weighted by molar-refractivity contribution is 0.204. The van der Waals surface area contributed by atoms with Gasteiger partial charge in [0.2, 0.25) is 0 Å². The Kier molecular flexibility index (Phi) is 5.59. The van der Waals surface area contributed by atoms with E-state index in [1.54, 1.807) is 12.1 Å². The zero-order valence-corrected chi connectivity index (χ0v) is 12.6. The molecule has 2 N–H and O–H groups in total. The molecule has 0 radical (unpaired) electrons. The number of halogens is 1. The average Bonchev–Trinajstić information content (AvgIpc) is 2.53. The summed E-state index contributed by atoms with van der Waals surface area (Å²) in [5.74, 6) is 0.641. The number of aliphatic hydroxyl groups is 2. The third-order valence-electron chi connectivity index (χ3n) is 3.02. The molecule has 2 rings (SSSR count). The molecule has 0 amide bonds.